The summed E-state index contributed by atoms with van der Waals surface area (Å²) in [6, 6.07) is 12.2. The number of carbonyl (C=O) groups excluding carboxylic acids is 1. The molecule has 0 aliphatic rings. The largest absolute Gasteiger partial charge is 0.467 e. The number of thioether (sulfide) groups is 1. The van der Waals surface area contributed by atoms with Gasteiger partial charge in [0, 0.05) is 42.9 Å². The van der Waals surface area contributed by atoms with Gasteiger partial charge in [0.2, 0.25) is 5.91 Å². The highest BCUT2D eigenvalue weighted by Crippen LogP contribution is 2.27. The summed E-state index contributed by atoms with van der Waals surface area (Å²) in [5.41, 5.74) is 1.99. The van der Waals surface area contributed by atoms with Crippen LogP contribution in [0.4, 0.5) is 5.82 Å². The van der Waals surface area contributed by atoms with Crippen LogP contribution in [0.15, 0.2) is 52.0 Å². The second-order valence-corrected chi connectivity index (χ2v) is 7.49. The van der Waals surface area contributed by atoms with Crippen molar-refractivity contribution in [3.05, 3.63) is 54.0 Å². The molecule has 0 saturated heterocycles. The Kier molecular flexibility index (Phi) is 6.06. The van der Waals surface area contributed by atoms with Crippen molar-refractivity contribution in [3.63, 3.8) is 0 Å². The molecule has 27 heavy (non-hydrogen) atoms. The number of aromatic nitrogens is 1. The molecule has 0 radical (unpaired) electrons. The Labute approximate surface area is 164 Å². The molecular weight excluding hydrogens is 358 g/mol. The second kappa shape index (κ2) is 8.48. The molecule has 0 spiro atoms. The van der Waals surface area contributed by atoms with Gasteiger partial charge in [0.1, 0.15) is 11.6 Å². The predicted octanol–water partition coefficient (Wildman–Crippen LogP) is 4.55. The summed E-state index contributed by atoms with van der Waals surface area (Å²) < 4.78 is 5.45. The predicted molar refractivity (Wildman–Crippen MR) is 111 cm³/mol. The summed E-state index contributed by atoms with van der Waals surface area (Å²) in [4.78, 5) is 22.4. The Morgan fingerprint density at radius 2 is 2.00 bits per heavy atom. The molecule has 0 bridgehead atoms. The van der Waals surface area contributed by atoms with E-state index in [1.165, 1.54) is 4.90 Å². The first-order valence-corrected chi connectivity index (χ1v) is 10.2. The first kappa shape index (κ1) is 19.3. The van der Waals surface area contributed by atoms with E-state index in [-0.39, 0.29) is 5.91 Å². The van der Waals surface area contributed by atoms with Crippen molar-refractivity contribution >= 4 is 34.4 Å². The Bertz CT molecular complexity index is 923. The van der Waals surface area contributed by atoms with E-state index in [1.807, 2.05) is 43.0 Å². The third-order valence-corrected chi connectivity index (χ3v) is 5.17. The van der Waals surface area contributed by atoms with Crippen molar-refractivity contribution < 1.29 is 9.21 Å². The fourth-order valence-corrected chi connectivity index (χ4v) is 3.50. The number of nitrogens with zero attached hydrogens (tertiary/aromatic N) is 3. The number of furan rings is 1. The average Bonchev–Trinajstić information content (AvgIpc) is 3.18. The van der Waals surface area contributed by atoms with Crippen LogP contribution >= 0.6 is 11.8 Å². The third kappa shape index (κ3) is 4.45. The molecule has 1 aromatic carbocycles. The normalized spacial score (nSPS) is 11.0. The first-order chi connectivity index (χ1) is 13.0. The molecule has 0 atom stereocenters. The quantitative estimate of drug-likeness (QED) is 0.560. The lowest BCUT2D eigenvalue weighted by atomic mass is 10.1. The number of hydrogen-bond donors (Lipinski definition) is 0. The third-order valence-electron chi connectivity index (χ3n) is 4.45. The van der Waals surface area contributed by atoms with Gasteiger partial charge in [-0.1, -0.05) is 13.0 Å². The van der Waals surface area contributed by atoms with E-state index in [9.17, 15) is 4.79 Å². The molecule has 5 nitrogen and oxygen atoms in total. The molecule has 2 heterocycles. The summed E-state index contributed by atoms with van der Waals surface area (Å²) >= 11 is 1.70. The fourth-order valence-electron chi connectivity index (χ4n) is 3.06. The van der Waals surface area contributed by atoms with Crippen LogP contribution in [0.25, 0.3) is 10.9 Å². The number of rotatable bonds is 7. The molecular formula is C21H25N3O2S. The molecule has 0 aliphatic carbocycles. The molecule has 0 fully saturated rings. The number of anilines is 1. The number of pyridine rings is 1. The average molecular weight is 384 g/mol. The molecule has 142 valence electrons. The van der Waals surface area contributed by atoms with Gasteiger partial charge >= 0.3 is 0 Å². The highest BCUT2D eigenvalue weighted by atomic mass is 32.2. The van der Waals surface area contributed by atoms with Crippen molar-refractivity contribution in [2.24, 2.45) is 0 Å². The van der Waals surface area contributed by atoms with Crippen LogP contribution in [0.1, 0.15) is 24.7 Å². The maximum Gasteiger partial charge on any atom is 0.222 e. The molecule has 6 heteroatoms. The van der Waals surface area contributed by atoms with Crippen LogP contribution in [-0.2, 0) is 17.9 Å². The summed E-state index contributed by atoms with van der Waals surface area (Å²) in [7, 11) is 3.96. The van der Waals surface area contributed by atoms with Gasteiger partial charge in [0.05, 0.1) is 18.3 Å². The van der Waals surface area contributed by atoms with Crippen LogP contribution in [0.2, 0.25) is 0 Å². The lowest BCUT2D eigenvalue weighted by Crippen LogP contribution is -2.30. The molecule has 0 saturated carbocycles. The van der Waals surface area contributed by atoms with Crippen molar-refractivity contribution in [3.8, 4) is 0 Å². The minimum absolute atomic E-state index is 0.0916. The van der Waals surface area contributed by atoms with Crippen LogP contribution in [0.5, 0.6) is 0 Å². The lowest BCUT2D eigenvalue weighted by Gasteiger charge is -2.24. The van der Waals surface area contributed by atoms with Crippen LogP contribution in [0.3, 0.4) is 0 Å². The molecule has 0 unspecified atom stereocenters. The van der Waals surface area contributed by atoms with Gasteiger partial charge in [-0.25, -0.2) is 4.98 Å². The minimum Gasteiger partial charge on any atom is -0.467 e. The van der Waals surface area contributed by atoms with Crippen molar-refractivity contribution in [2.45, 2.75) is 31.3 Å². The van der Waals surface area contributed by atoms with E-state index < -0.39 is 0 Å². The number of carbonyl (C=O) groups is 1. The van der Waals surface area contributed by atoms with Gasteiger partial charge in [-0.05, 0) is 36.6 Å². The topological polar surface area (TPSA) is 49.6 Å². The van der Waals surface area contributed by atoms with E-state index in [1.54, 1.807) is 18.0 Å². The zero-order chi connectivity index (χ0) is 19.4. The smallest absolute Gasteiger partial charge is 0.222 e. The van der Waals surface area contributed by atoms with Crippen molar-refractivity contribution in [2.75, 3.05) is 25.3 Å². The van der Waals surface area contributed by atoms with Crippen LogP contribution < -0.4 is 4.90 Å². The number of hydrogen-bond acceptors (Lipinski definition) is 5. The molecule has 2 aromatic heterocycles. The summed E-state index contributed by atoms with van der Waals surface area (Å²) in [6.45, 7) is 2.83. The highest BCUT2D eigenvalue weighted by molar-refractivity contribution is 7.98. The SMILES string of the molecule is CCC(=O)N(Cc1ccco1)Cc1cc2ccc(SC)cc2nc1N(C)C. The van der Waals surface area contributed by atoms with Gasteiger partial charge in [0.25, 0.3) is 0 Å². The summed E-state index contributed by atoms with van der Waals surface area (Å²) in [5.74, 6) is 1.75. The maximum absolute atomic E-state index is 12.5. The van der Waals surface area contributed by atoms with E-state index in [0.29, 0.717) is 19.5 Å². The zero-order valence-corrected chi connectivity index (χ0v) is 17.0. The van der Waals surface area contributed by atoms with E-state index in [2.05, 4.69) is 30.5 Å². The number of benzene rings is 1. The molecule has 1 amide bonds. The summed E-state index contributed by atoms with van der Waals surface area (Å²) in [5, 5.41) is 1.08. The number of amides is 1. The van der Waals surface area contributed by atoms with Crippen molar-refractivity contribution in [1.29, 1.82) is 0 Å². The highest BCUT2D eigenvalue weighted by Gasteiger charge is 2.18. The second-order valence-electron chi connectivity index (χ2n) is 6.61. The van der Waals surface area contributed by atoms with Gasteiger partial charge in [-0.2, -0.15) is 0 Å². The lowest BCUT2D eigenvalue weighted by molar-refractivity contribution is -0.132. The van der Waals surface area contributed by atoms with Gasteiger partial charge in [0.15, 0.2) is 0 Å². The zero-order valence-electron chi connectivity index (χ0n) is 16.2. The van der Waals surface area contributed by atoms with Gasteiger partial charge in [-0.3, -0.25) is 4.79 Å². The number of fused-ring (bicyclic) bond motifs is 1. The van der Waals surface area contributed by atoms with Crippen molar-refractivity contribution in [1.82, 2.24) is 9.88 Å². The monoisotopic (exact) mass is 383 g/mol. The van der Waals surface area contributed by atoms with E-state index in [0.717, 1.165) is 28.0 Å². The summed E-state index contributed by atoms with van der Waals surface area (Å²) in [6.07, 6.45) is 4.15. The Morgan fingerprint density at radius 1 is 1.19 bits per heavy atom. The van der Waals surface area contributed by atoms with E-state index in [4.69, 9.17) is 9.40 Å². The first-order valence-electron chi connectivity index (χ1n) is 8.97. The molecule has 3 aromatic rings. The standard InChI is InChI=1S/C21H25N3O2S/c1-5-20(25)24(14-17-7-6-10-26-17)13-16-11-15-8-9-18(27-4)12-19(15)22-21(16)23(2)3/h6-12H,5,13-14H2,1-4H3. The van der Waals surface area contributed by atoms with Crippen LogP contribution in [-0.4, -0.2) is 36.1 Å². The Hall–Kier alpha value is -2.47. The molecule has 0 N–H and O–H groups in total. The van der Waals surface area contributed by atoms with Gasteiger partial charge in [-0.15, -0.1) is 11.8 Å². The Morgan fingerprint density at radius 3 is 2.63 bits per heavy atom. The molecule has 3 rings (SSSR count). The van der Waals surface area contributed by atoms with E-state index >= 15 is 0 Å². The minimum atomic E-state index is 0.0916. The molecule has 0 aliphatic heterocycles. The van der Waals surface area contributed by atoms with Gasteiger partial charge < -0.3 is 14.2 Å². The Balaban J connectivity index is 1.99. The fraction of sp³-hybridized carbons (Fsp3) is 0.333. The maximum atomic E-state index is 12.5. The van der Waals surface area contributed by atoms with Crippen LogP contribution in [0, 0.1) is 0 Å².